The Labute approximate surface area is 215 Å². The fourth-order valence-corrected chi connectivity index (χ4v) is 6.88. The Morgan fingerprint density at radius 1 is 0.944 bits per heavy atom. The molecule has 0 bridgehead atoms. The summed E-state index contributed by atoms with van der Waals surface area (Å²) in [6.45, 7) is 0.832. The zero-order valence-electron chi connectivity index (χ0n) is 19.6. The number of rotatable bonds is 6. The molecular formula is C27H27ClFN3O3S. The topological polar surface area (TPSA) is 69.7 Å². The molecule has 5 rings (SSSR count). The van der Waals surface area contributed by atoms with Crippen LogP contribution < -0.4 is 5.32 Å². The predicted molar refractivity (Wildman–Crippen MR) is 136 cm³/mol. The molecule has 0 radical (unpaired) electrons. The first-order valence-corrected chi connectivity index (χ1v) is 13.7. The van der Waals surface area contributed by atoms with Crippen molar-refractivity contribution in [2.45, 2.75) is 42.4 Å². The molecule has 1 spiro atoms. The van der Waals surface area contributed by atoms with E-state index in [0.29, 0.717) is 30.8 Å². The third-order valence-electron chi connectivity index (χ3n) is 7.04. The summed E-state index contributed by atoms with van der Waals surface area (Å²) in [4.78, 5) is 15.6. The summed E-state index contributed by atoms with van der Waals surface area (Å²) in [5, 5.41) is 3.93. The van der Waals surface area contributed by atoms with Gasteiger partial charge in [-0.15, -0.1) is 0 Å². The Morgan fingerprint density at radius 3 is 2.31 bits per heavy atom. The van der Waals surface area contributed by atoms with Gasteiger partial charge >= 0.3 is 0 Å². The zero-order valence-corrected chi connectivity index (χ0v) is 21.2. The van der Waals surface area contributed by atoms with Gasteiger partial charge in [0.1, 0.15) is 5.82 Å². The summed E-state index contributed by atoms with van der Waals surface area (Å²) >= 11 is 6.03. The number of piperidine rings is 1. The van der Waals surface area contributed by atoms with E-state index in [1.807, 2.05) is 35.2 Å². The number of hydrogen-bond acceptors (Lipinski definition) is 4. The van der Waals surface area contributed by atoms with E-state index >= 15 is 0 Å². The summed E-state index contributed by atoms with van der Waals surface area (Å²) in [6, 6.07) is 21.8. The second-order valence-electron chi connectivity index (χ2n) is 9.33. The fraction of sp³-hybridized carbons (Fsp3) is 0.296. The van der Waals surface area contributed by atoms with Gasteiger partial charge in [-0.3, -0.25) is 10.1 Å². The maximum Gasteiger partial charge on any atom is 0.243 e. The molecule has 2 saturated heterocycles. The van der Waals surface area contributed by atoms with Gasteiger partial charge in [0, 0.05) is 24.7 Å². The number of nitrogens with one attached hydrogen (secondary N) is 1. The number of nitrogens with zero attached hydrogens (tertiary/aromatic N) is 2. The first-order chi connectivity index (χ1) is 17.3. The quantitative estimate of drug-likeness (QED) is 0.521. The van der Waals surface area contributed by atoms with Crippen LogP contribution in [0.25, 0.3) is 0 Å². The summed E-state index contributed by atoms with van der Waals surface area (Å²) in [5.41, 5.74) is 1.18. The van der Waals surface area contributed by atoms with E-state index in [4.69, 9.17) is 11.6 Å². The van der Waals surface area contributed by atoms with Crippen LogP contribution in [0.15, 0.2) is 83.8 Å². The second-order valence-corrected chi connectivity index (χ2v) is 11.7. The minimum absolute atomic E-state index is 0.0330. The Bertz CT molecular complexity index is 1340. The van der Waals surface area contributed by atoms with Gasteiger partial charge < -0.3 is 4.90 Å². The highest BCUT2D eigenvalue weighted by Gasteiger charge is 2.52. The van der Waals surface area contributed by atoms with Crippen molar-refractivity contribution in [2.75, 3.05) is 13.1 Å². The van der Waals surface area contributed by atoms with Crippen molar-refractivity contribution in [1.82, 2.24) is 14.5 Å². The van der Waals surface area contributed by atoms with E-state index in [0.717, 1.165) is 11.1 Å². The molecule has 3 aromatic carbocycles. The second kappa shape index (κ2) is 9.94. The van der Waals surface area contributed by atoms with Crippen molar-refractivity contribution in [3.63, 3.8) is 0 Å². The van der Waals surface area contributed by atoms with Crippen LogP contribution in [0.5, 0.6) is 0 Å². The van der Waals surface area contributed by atoms with Crippen LogP contribution in [0, 0.1) is 5.82 Å². The molecule has 188 valence electrons. The van der Waals surface area contributed by atoms with Crippen LogP contribution in [0.2, 0.25) is 5.02 Å². The lowest BCUT2D eigenvalue weighted by atomic mass is 9.96. The highest BCUT2D eigenvalue weighted by atomic mass is 35.5. The van der Waals surface area contributed by atoms with Crippen molar-refractivity contribution >= 4 is 27.5 Å². The van der Waals surface area contributed by atoms with E-state index in [2.05, 4.69) is 5.32 Å². The smallest absolute Gasteiger partial charge is 0.243 e. The maximum absolute atomic E-state index is 13.6. The van der Waals surface area contributed by atoms with Gasteiger partial charge in [-0.1, -0.05) is 60.1 Å². The Balaban J connectivity index is 1.39. The summed E-state index contributed by atoms with van der Waals surface area (Å²) in [5.74, 6) is -0.366. The lowest BCUT2D eigenvalue weighted by Gasteiger charge is -2.44. The predicted octanol–water partition coefficient (Wildman–Crippen LogP) is 4.20. The average Bonchev–Trinajstić information content (AvgIpc) is 3.11. The molecule has 0 saturated carbocycles. The maximum atomic E-state index is 13.6. The summed E-state index contributed by atoms with van der Waals surface area (Å²) < 4.78 is 41.4. The molecular weight excluding hydrogens is 501 g/mol. The molecule has 0 aliphatic carbocycles. The summed E-state index contributed by atoms with van der Waals surface area (Å²) in [6.07, 6.45) is 1.40. The van der Waals surface area contributed by atoms with Gasteiger partial charge in [0.2, 0.25) is 15.9 Å². The molecule has 3 aromatic rings. The number of halogens is 2. The number of amides is 1. The molecule has 2 fully saturated rings. The van der Waals surface area contributed by atoms with Crippen molar-refractivity contribution in [1.29, 1.82) is 0 Å². The van der Waals surface area contributed by atoms with Crippen molar-refractivity contribution in [3.8, 4) is 0 Å². The number of carbonyl (C=O) groups excluding carboxylic acids is 1. The van der Waals surface area contributed by atoms with Crippen molar-refractivity contribution < 1.29 is 17.6 Å². The largest absolute Gasteiger partial charge is 0.319 e. The molecule has 6 nitrogen and oxygen atoms in total. The number of hydrogen-bond donors (Lipinski definition) is 1. The van der Waals surface area contributed by atoms with Crippen LogP contribution >= 0.6 is 11.6 Å². The molecule has 36 heavy (non-hydrogen) atoms. The van der Waals surface area contributed by atoms with E-state index in [-0.39, 0.29) is 29.7 Å². The molecule has 1 N–H and O–H groups in total. The monoisotopic (exact) mass is 527 g/mol. The van der Waals surface area contributed by atoms with Gasteiger partial charge in [0.15, 0.2) is 0 Å². The van der Waals surface area contributed by atoms with Gasteiger partial charge in [0.05, 0.1) is 16.6 Å². The van der Waals surface area contributed by atoms with E-state index < -0.39 is 21.7 Å². The minimum Gasteiger partial charge on any atom is -0.319 e. The molecule has 2 aliphatic heterocycles. The lowest BCUT2D eigenvalue weighted by molar-refractivity contribution is -0.134. The number of sulfonamides is 1. The number of benzene rings is 3. The molecule has 0 aromatic heterocycles. The Morgan fingerprint density at radius 2 is 1.64 bits per heavy atom. The van der Waals surface area contributed by atoms with E-state index in [1.165, 1.54) is 22.5 Å². The first kappa shape index (κ1) is 24.9. The Hall–Kier alpha value is -2.78. The van der Waals surface area contributed by atoms with Gasteiger partial charge in [-0.25, -0.2) is 12.8 Å². The van der Waals surface area contributed by atoms with Crippen LogP contribution in [0.3, 0.4) is 0 Å². The first-order valence-electron chi connectivity index (χ1n) is 11.9. The zero-order chi connectivity index (χ0) is 25.3. The highest BCUT2D eigenvalue weighted by Crippen LogP contribution is 2.36. The third-order valence-corrected chi connectivity index (χ3v) is 9.17. The molecule has 0 unspecified atom stereocenters. The third kappa shape index (κ3) is 4.91. The highest BCUT2D eigenvalue weighted by molar-refractivity contribution is 7.89. The summed E-state index contributed by atoms with van der Waals surface area (Å²) in [7, 11) is -3.71. The minimum atomic E-state index is -3.71. The lowest BCUT2D eigenvalue weighted by Crippen LogP contribution is -2.59. The van der Waals surface area contributed by atoms with E-state index in [9.17, 15) is 17.6 Å². The number of carbonyl (C=O) groups is 1. The van der Waals surface area contributed by atoms with Gasteiger partial charge in [-0.2, -0.15) is 4.31 Å². The van der Waals surface area contributed by atoms with Gasteiger partial charge in [0.25, 0.3) is 0 Å². The average molecular weight is 528 g/mol. The molecule has 9 heteroatoms. The molecule has 1 atom stereocenters. The molecule has 1 amide bonds. The van der Waals surface area contributed by atoms with Crippen molar-refractivity contribution in [2.24, 2.45) is 0 Å². The molecule has 2 heterocycles. The van der Waals surface area contributed by atoms with Gasteiger partial charge in [-0.05, 0) is 60.7 Å². The van der Waals surface area contributed by atoms with Crippen molar-refractivity contribution in [3.05, 3.63) is 101 Å². The van der Waals surface area contributed by atoms with Crippen LogP contribution in [-0.4, -0.2) is 48.3 Å². The normalized spacial score (nSPS) is 20.2. The van der Waals surface area contributed by atoms with Crippen LogP contribution in [0.1, 0.15) is 24.0 Å². The Kier molecular flexibility index (Phi) is 6.87. The van der Waals surface area contributed by atoms with Crippen LogP contribution in [-0.2, 0) is 27.8 Å². The standard InChI is InChI=1S/C27H27ClFN3O3S/c28-22-7-4-8-24(18-22)36(34,35)31-15-13-27(14-16-31)30-25(17-20-5-2-1-3-6-20)26(33)32(27)19-21-9-11-23(29)12-10-21/h1-12,18,25,30H,13-17,19H2/t25-/m0/s1. The SMILES string of the molecule is O=C1[C@H](Cc2ccccc2)NC2(CCN(S(=O)(=O)c3cccc(Cl)c3)CC2)N1Cc1ccc(F)cc1. The fourth-order valence-electron chi connectivity index (χ4n) is 5.14. The van der Waals surface area contributed by atoms with E-state index in [1.54, 1.807) is 30.3 Å². The van der Waals surface area contributed by atoms with Crippen LogP contribution in [0.4, 0.5) is 4.39 Å². The molecule has 2 aliphatic rings.